The van der Waals surface area contributed by atoms with Crippen molar-refractivity contribution in [1.82, 2.24) is 16.0 Å². The summed E-state index contributed by atoms with van der Waals surface area (Å²) < 4.78 is 0. The molecule has 14 heteroatoms. The molecule has 5 amide bonds. The van der Waals surface area contributed by atoms with E-state index in [1.165, 1.54) is 0 Å². The van der Waals surface area contributed by atoms with Gasteiger partial charge in [0.05, 0.1) is 19.0 Å². The van der Waals surface area contributed by atoms with Crippen molar-refractivity contribution in [3.05, 3.63) is 0 Å². The fourth-order valence-corrected chi connectivity index (χ4v) is 2.41. The fourth-order valence-electron chi connectivity index (χ4n) is 2.41. The summed E-state index contributed by atoms with van der Waals surface area (Å²) in [6, 6.07) is -3.66. The summed E-state index contributed by atoms with van der Waals surface area (Å²) in [5.41, 5.74) is 21.2. The molecule has 0 aromatic heterocycles. The maximum atomic E-state index is 12.4. The highest BCUT2D eigenvalue weighted by Gasteiger charge is 2.26. The van der Waals surface area contributed by atoms with Gasteiger partial charge in [0.25, 0.3) is 0 Å². The van der Waals surface area contributed by atoms with E-state index in [4.69, 9.17) is 28.0 Å². The van der Waals surface area contributed by atoms with Crippen molar-refractivity contribution in [3.8, 4) is 0 Å². The fraction of sp³-hybridized carbons (Fsp3) is 0.647. The lowest BCUT2D eigenvalue weighted by Gasteiger charge is -2.20. The van der Waals surface area contributed by atoms with Gasteiger partial charge in [-0.15, -0.1) is 0 Å². The van der Waals surface area contributed by atoms with E-state index in [9.17, 15) is 28.8 Å². The molecular weight excluding hydrogens is 414 g/mol. The van der Waals surface area contributed by atoms with Gasteiger partial charge in [-0.2, -0.15) is 0 Å². The third kappa shape index (κ3) is 12.8. The number of carboxylic acids is 1. The highest BCUT2D eigenvalue weighted by Crippen LogP contribution is 2.02. The van der Waals surface area contributed by atoms with Crippen LogP contribution in [0.2, 0.25) is 0 Å². The minimum absolute atomic E-state index is 0.135. The lowest BCUT2D eigenvalue weighted by Crippen LogP contribution is -2.53. The minimum atomic E-state index is -1.56. The predicted octanol–water partition coefficient (Wildman–Crippen LogP) is -4.25. The molecule has 0 saturated carbocycles. The van der Waals surface area contributed by atoms with Crippen LogP contribution in [0.1, 0.15) is 38.5 Å². The SMILES string of the molecule is NCCCCC(N)C(=O)NC(CCC(N)=O)C(=O)NCC(=O)NC(CC(N)=O)C(=O)O. The zero-order valence-electron chi connectivity index (χ0n) is 17.1. The molecule has 0 aliphatic heterocycles. The van der Waals surface area contributed by atoms with Crippen LogP contribution < -0.4 is 38.9 Å². The number of carboxylic acid groups (broad SMARTS) is 1. The third-order valence-electron chi connectivity index (χ3n) is 4.08. The lowest BCUT2D eigenvalue weighted by molar-refractivity contribution is -0.143. The Hall–Kier alpha value is -3.26. The standard InChI is InChI=1S/C17H31N7O7/c18-6-2-1-3-9(19)15(28)24-10(4-5-12(20)25)16(29)22-8-14(27)23-11(17(30)31)7-13(21)26/h9-11H,1-8,18-19H2,(H2,20,25)(H2,21,26)(H,22,29)(H,23,27)(H,24,28)(H,30,31). The smallest absolute Gasteiger partial charge is 0.326 e. The molecule has 0 rings (SSSR count). The number of rotatable bonds is 16. The quantitative estimate of drug-likeness (QED) is 0.107. The number of unbranched alkanes of at least 4 members (excludes halogenated alkanes) is 1. The Labute approximate surface area is 178 Å². The molecule has 14 nitrogen and oxygen atoms in total. The molecule has 0 heterocycles. The van der Waals surface area contributed by atoms with Gasteiger partial charge in [-0.3, -0.25) is 24.0 Å². The van der Waals surface area contributed by atoms with E-state index < -0.39 is 66.6 Å². The van der Waals surface area contributed by atoms with Gasteiger partial charge in [-0.1, -0.05) is 6.42 Å². The molecule has 0 aliphatic rings. The van der Waals surface area contributed by atoms with Crippen LogP contribution in [0.15, 0.2) is 0 Å². The van der Waals surface area contributed by atoms with E-state index in [0.29, 0.717) is 25.8 Å². The van der Waals surface area contributed by atoms with Crippen molar-refractivity contribution in [2.24, 2.45) is 22.9 Å². The number of carbonyl (C=O) groups is 6. The van der Waals surface area contributed by atoms with Gasteiger partial charge in [0.1, 0.15) is 12.1 Å². The van der Waals surface area contributed by atoms with E-state index in [1.54, 1.807) is 0 Å². The normalized spacial score (nSPS) is 13.4. The summed E-state index contributed by atoms with van der Waals surface area (Å²) in [4.78, 5) is 69.4. The van der Waals surface area contributed by atoms with E-state index in [2.05, 4.69) is 10.6 Å². The van der Waals surface area contributed by atoms with Gasteiger partial charge >= 0.3 is 5.97 Å². The molecule has 0 aromatic carbocycles. The average molecular weight is 445 g/mol. The Balaban J connectivity index is 4.87. The van der Waals surface area contributed by atoms with Crippen LogP contribution in [0.5, 0.6) is 0 Å². The summed E-state index contributed by atoms with van der Waals surface area (Å²) >= 11 is 0. The second-order valence-electron chi connectivity index (χ2n) is 6.80. The highest BCUT2D eigenvalue weighted by atomic mass is 16.4. The van der Waals surface area contributed by atoms with Gasteiger partial charge in [0, 0.05) is 6.42 Å². The molecule has 12 N–H and O–H groups in total. The van der Waals surface area contributed by atoms with Gasteiger partial charge in [0.2, 0.25) is 29.5 Å². The molecule has 176 valence electrons. The average Bonchev–Trinajstić information content (AvgIpc) is 2.68. The topological polar surface area (TPSA) is 263 Å². The van der Waals surface area contributed by atoms with Crippen molar-refractivity contribution in [1.29, 1.82) is 0 Å². The van der Waals surface area contributed by atoms with Crippen molar-refractivity contribution in [2.75, 3.05) is 13.1 Å². The van der Waals surface area contributed by atoms with Crippen molar-refractivity contribution in [2.45, 2.75) is 56.7 Å². The van der Waals surface area contributed by atoms with Crippen LogP contribution in [-0.4, -0.2) is 71.8 Å². The van der Waals surface area contributed by atoms with Crippen molar-refractivity contribution in [3.63, 3.8) is 0 Å². The molecule has 0 fully saturated rings. The molecule has 0 spiro atoms. The number of nitrogens with two attached hydrogens (primary N) is 4. The molecule has 0 aromatic rings. The van der Waals surface area contributed by atoms with Gasteiger partial charge in [-0.05, 0) is 25.8 Å². The monoisotopic (exact) mass is 445 g/mol. The number of hydrogen-bond acceptors (Lipinski definition) is 8. The van der Waals surface area contributed by atoms with E-state index in [0.717, 1.165) is 0 Å². The third-order valence-corrected chi connectivity index (χ3v) is 4.08. The van der Waals surface area contributed by atoms with Gasteiger partial charge in [-0.25, -0.2) is 4.79 Å². The molecule has 0 bridgehead atoms. The molecule has 0 aliphatic carbocycles. The highest BCUT2D eigenvalue weighted by molar-refractivity contribution is 5.93. The van der Waals surface area contributed by atoms with Gasteiger partial charge < -0.3 is 44.0 Å². The molecule has 3 unspecified atom stereocenters. The summed E-state index contributed by atoms with van der Waals surface area (Å²) in [5.74, 6) is -5.45. The largest absolute Gasteiger partial charge is 0.480 e. The number of carbonyl (C=O) groups excluding carboxylic acids is 5. The Kier molecular flexibility index (Phi) is 13.1. The van der Waals surface area contributed by atoms with Crippen LogP contribution in [0.25, 0.3) is 0 Å². The molecule has 0 saturated heterocycles. The first kappa shape index (κ1) is 27.7. The zero-order valence-corrected chi connectivity index (χ0v) is 17.1. The lowest BCUT2D eigenvalue weighted by atomic mass is 10.1. The number of hydrogen-bond donors (Lipinski definition) is 8. The van der Waals surface area contributed by atoms with E-state index >= 15 is 0 Å². The Bertz CT molecular complexity index is 671. The first-order chi connectivity index (χ1) is 14.5. The molecule has 0 radical (unpaired) electrons. The molecule has 31 heavy (non-hydrogen) atoms. The minimum Gasteiger partial charge on any atom is -0.480 e. The van der Waals surface area contributed by atoms with Crippen molar-refractivity contribution < 1.29 is 33.9 Å². The Morgan fingerprint density at radius 2 is 1.48 bits per heavy atom. The number of primary amides is 2. The van der Waals surface area contributed by atoms with Crippen molar-refractivity contribution >= 4 is 35.5 Å². The molecular formula is C17H31N7O7. The summed E-state index contributed by atoms with van der Waals surface area (Å²) in [5, 5.41) is 15.6. The Morgan fingerprint density at radius 1 is 0.839 bits per heavy atom. The van der Waals surface area contributed by atoms with E-state index in [1.807, 2.05) is 5.32 Å². The second-order valence-corrected chi connectivity index (χ2v) is 6.80. The second kappa shape index (κ2) is 14.7. The van der Waals surface area contributed by atoms with E-state index in [-0.39, 0.29) is 12.8 Å². The Morgan fingerprint density at radius 3 is 2.00 bits per heavy atom. The maximum Gasteiger partial charge on any atom is 0.326 e. The van der Waals surface area contributed by atoms with Crippen LogP contribution in [0.4, 0.5) is 0 Å². The number of nitrogens with one attached hydrogen (secondary N) is 3. The molecule has 3 atom stereocenters. The van der Waals surface area contributed by atoms with Gasteiger partial charge in [0.15, 0.2) is 0 Å². The van der Waals surface area contributed by atoms with Crippen LogP contribution in [0.3, 0.4) is 0 Å². The number of amides is 5. The zero-order chi connectivity index (χ0) is 24.0. The van der Waals surface area contributed by atoms with Crippen LogP contribution in [-0.2, 0) is 28.8 Å². The summed E-state index contributed by atoms with van der Waals surface area (Å²) in [6.45, 7) is -0.199. The van der Waals surface area contributed by atoms with Crippen LogP contribution >= 0.6 is 0 Å². The number of aliphatic carboxylic acids is 1. The van der Waals surface area contributed by atoms with Crippen LogP contribution in [0, 0.1) is 0 Å². The predicted molar refractivity (Wildman–Crippen MR) is 108 cm³/mol. The summed E-state index contributed by atoms with van der Waals surface area (Å²) in [6.07, 6.45) is 0.644. The maximum absolute atomic E-state index is 12.4. The first-order valence-corrected chi connectivity index (χ1v) is 9.60. The summed E-state index contributed by atoms with van der Waals surface area (Å²) in [7, 11) is 0. The first-order valence-electron chi connectivity index (χ1n) is 9.60.